The predicted octanol–water partition coefficient (Wildman–Crippen LogP) is 1.43. The number of aliphatic hydroxyl groups is 1. The fourth-order valence-electron chi connectivity index (χ4n) is 2.46. The summed E-state index contributed by atoms with van der Waals surface area (Å²) in [5.41, 5.74) is 1.86. The van der Waals surface area contributed by atoms with Gasteiger partial charge in [-0.2, -0.15) is 4.68 Å². The van der Waals surface area contributed by atoms with E-state index in [1.807, 2.05) is 36.4 Å². The highest BCUT2D eigenvalue weighted by Gasteiger charge is 2.19. The molecule has 2 N–H and O–H groups in total. The molecule has 7 nitrogen and oxygen atoms in total. The molecule has 3 aromatic rings. The molecule has 0 spiro atoms. The fraction of sp³-hybridized carbons (Fsp3) is 0.176. The topological polar surface area (TPSA) is 92.9 Å². The van der Waals surface area contributed by atoms with Gasteiger partial charge in [0.05, 0.1) is 23.9 Å². The van der Waals surface area contributed by atoms with E-state index in [9.17, 15) is 9.90 Å². The molecule has 3 rings (SSSR count). The number of hydrogen-bond acceptors (Lipinski definition) is 5. The summed E-state index contributed by atoms with van der Waals surface area (Å²) >= 11 is 0. The van der Waals surface area contributed by atoms with E-state index < -0.39 is 6.04 Å². The molecule has 7 heteroatoms. The van der Waals surface area contributed by atoms with E-state index in [1.54, 1.807) is 25.1 Å². The first-order chi connectivity index (χ1) is 11.7. The Kier molecular flexibility index (Phi) is 4.62. The Hall–Kier alpha value is -3.06. The van der Waals surface area contributed by atoms with Gasteiger partial charge in [0.15, 0.2) is 5.82 Å². The first kappa shape index (κ1) is 15.8. The lowest BCUT2D eigenvalue weighted by Crippen LogP contribution is -2.31. The molecule has 0 aliphatic carbocycles. The molecular weight excluding hydrogens is 306 g/mol. The third-order valence-electron chi connectivity index (χ3n) is 3.69. The molecule has 1 heterocycles. The van der Waals surface area contributed by atoms with Crippen LogP contribution < -0.4 is 5.32 Å². The summed E-state index contributed by atoms with van der Waals surface area (Å²) in [7, 11) is 0. The van der Waals surface area contributed by atoms with Gasteiger partial charge in [0, 0.05) is 0 Å². The predicted molar refractivity (Wildman–Crippen MR) is 87.6 cm³/mol. The van der Waals surface area contributed by atoms with Crippen molar-refractivity contribution in [3.63, 3.8) is 0 Å². The number of para-hydroxylation sites is 1. The number of aromatic nitrogens is 4. The van der Waals surface area contributed by atoms with Gasteiger partial charge in [0.25, 0.3) is 5.91 Å². The van der Waals surface area contributed by atoms with Crippen LogP contribution in [0.5, 0.6) is 0 Å². The highest BCUT2D eigenvalue weighted by atomic mass is 16.3. The van der Waals surface area contributed by atoms with Crippen molar-refractivity contribution < 1.29 is 9.90 Å². The number of rotatable bonds is 5. The summed E-state index contributed by atoms with van der Waals surface area (Å²) in [6.07, 6.45) is 0. The Balaban J connectivity index is 1.90. The zero-order valence-corrected chi connectivity index (χ0v) is 13.1. The number of hydrogen-bond donors (Lipinski definition) is 2. The second kappa shape index (κ2) is 7.01. The molecule has 0 fully saturated rings. The number of tetrazole rings is 1. The fourth-order valence-corrected chi connectivity index (χ4v) is 2.46. The molecule has 0 aliphatic rings. The van der Waals surface area contributed by atoms with Crippen LogP contribution in [0.15, 0.2) is 54.6 Å². The van der Waals surface area contributed by atoms with Gasteiger partial charge in [-0.15, -0.1) is 5.10 Å². The zero-order chi connectivity index (χ0) is 16.9. The first-order valence-electron chi connectivity index (χ1n) is 7.51. The van der Waals surface area contributed by atoms with Gasteiger partial charge >= 0.3 is 0 Å². The average Bonchev–Trinajstić information content (AvgIpc) is 3.06. The van der Waals surface area contributed by atoms with Crippen LogP contribution >= 0.6 is 0 Å². The molecule has 0 radical (unpaired) electrons. The second-order valence-corrected chi connectivity index (χ2v) is 5.27. The Morgan fingerprint density at radius 3 is 2.54 bits per heavy atom. The Bertz CT molecular complexity index is 832. The van der Waals surface area contributed by atoms with Crippen molar-refractivity contribution in [3.8, 4) is 5.69 Å². The summed E-state index contributed by atoms with van der Waals surface area (Å²) in [6.45, 7) is 1.57. The number of carbonyl (C=O) groups is 1. The highest BCUT2D eigenvalue weighted by molar-refractivity contribution is 5.98. The summed E-state index contributed by atoms with van der Waals surface area (Å²) in [4.78, 5) is 12.7. The maximum absolute atomic E-state index is 12.7. The van der Waals surface area contributed by atoms with Crippen LogP contribution in [0.4, 0.5) is 0 Å². The molecule has 0 saturated carbocycles. The summed E-state index contributed by atoms with van der Waals surface area (Å²) in [5, 5.41) is 23.8. The Labute approximate surface area is 138 Å². The summed E-state index contributed by atoms with van der Waals surface area (Å²) < 4.78 is 1.51. The van der Waals surface area contributed by atoms with Gasteiger partial charge in [-0.05, 0) is 35.0 Å². The van der Waals surface area contributed by atoms with Gasteiger partial charge in [-0.25, -0.2) is 0 Å². The van der Waals surface area contributed by atoms with Crippen LogP contribution in [0.25, 0.3) is 5.69 Å². The molecule has 1 aromatic heterocycles. The molecule has 1 amide bonds. The van der Waals surface area contributed by atoms with E-state index in [-0.39, 0.29) is 12.5 Å². The zero-order valence-electron chi connectivity index (χ0n) is 13.1. The molecule has 0 saturated heterocycles. The lowest BCUT2D eigenvalue weighted by molar-refractivity contribution is 0.0916. The van der Waals surface area contributed by atoms with Crippen molar-refractivity contribution in [1.29, 1.82) is 0 Å². The largest absolute Gasteiger partial charge is 0.394 e. The van der Waals surface area contributed by atoms with Gasteiger partial charge in [0.1, 0.15) is 0 Å². The van der Waals surface area contributed by atoms with Gasteiger partial charge in [-0.1, -0.05) is 42.5 Å². The highest BCUT2D eigenvalue weighted by Crippen LogP contribution is 2.17. The minimum atomic E-state index is -0.485. The van der Waals surface area contributed by atoms with E-state index in [1.165, 1.54) is 4.68 Å². The minimum Gasteiger partial charge on any atom is -0.394 e. The molecule has 0 bridgehead atoms. The van der Waals surface area contributed by atoms with Crippen LogP contribution in [0, 0.1) is 6.92 Å². The van der Waals surface area contributed by atoms with Crippen molar-refractivity contribution in [2.24, 2.45) is 0 Å². The second-order valence-electron chi connectivity index (χ2n) is 5.27. The number of benzene rings is 2. The van der Waals surface area contributed by atoms with Crippen LogP contribution in [-0.2, 0) is 0 Å². The standard InChI is InChI=1S/C17H17N5O2/c1-12-19-20-21-22(12)16-10-6-5-9-14(16)17(24)18-15(11-23)13-7-3-2-4-8-13/h2-10,15,23H,11H2,1H3,(H,18,24). The first-order valence-corrected chi connectivity index (χ1v) is 7.51. The lowest BCUT2D eigenvalue weighted by atomic mass is 10.1. The number of carbonyl (C=O) groups excluding carboxylic acids is 1. The van der Waals surface area contributed by atoms with Crippen molar-refractivity contribution in [2.45, 2.75) is 13.0 Å². The molecule has 2 aromatic carbocycles. The van der Waals surface area contributed by atoms with Crippen LogP contribution in [0.3, 0.4) is 0 Å². The number of amides is 1. The third-order valence-corrected chi connectivity index (χ3v) is 3.69. The molecule has 122 valence electrons. The van der Waals surface area contributed by atoms with E-state index >= 15 is 0 Å². The summed E-state index contributed by atoms with van der Waals surface area (Å²) in [6, 6.07) is 15.9. The lowest BCUT2D eigenvalue weighted by Gasteiger charge is -2.18. The van der Waals surface area contributed by atoms with E-state index in [4.69, 9.17) is 0 Å². The average molecular weight is 323 g/mol. The van der Waals surface area contributed by atoms with Crippen molar-refractivity contribution in [2.75, 3.05) is 6.61 Å². The molecule has 0 aliphatic heterocycles. The van der Waals surface area contributed by atoms with Crippen LogP contribution in [0.1, 0.15) is 27.8 Å². The van der Waals surface area contributed by atoms with Gasteiger partial charge in [-0.3, -0.25) is 4.79 Å². The minimum absolute atomic E-state index is 0.193. The SMILES string of the molecule is Cc1nnnn1-c1ccccc1C(=O)NC(CO)c1ccccc1. The van der Waals surface area contributed by atoms with E-state index in [0.29, 0.717) is 17.1 Å². The Morgan fingerprint density at radius 2 is 1.88 bits per heavy atom. The smallest absolute Gasteiger partial charge is 0.254 e. The number of nitrogens with zero attached hydrogens (tertiary/aromatic N) is 4. The normalized spacial score (nSPS) is 11.9. The monoisotopic (exact) mass is 323 g/mol. The molecular formula is C17H17N5O2. The number of aryl methyl sites for hydroxylation is 1. The third kappa shape index (κ3) is 3.16. The van der Waals surface area contributed by atoms with Crippen molar-refractivity contribution >= 4 is 5.91 Å². The van der Waals surface area contributed by atoms with E-state index in [2.05, 4.69) is 20.8 Å². The van der Waals surface area contributed by atoms with Crippen LogP contribution in [-0.4, -0.2) is 37.8 Å². The van der Waals surface area contributed by atoms with Crippen LogP contribution in [0.2, 0.25) is 0 Å². The maximum Gasteiger partial charge on any atom is 0.254 e. The molecule has 1 atom stereocenters. The Morgan fingerprint density at radius 1 is 1.17 bits per heavy atom. The quantitative estimate of drug-likeness (QED) is 0.741. The molecule has 1 unspecified atom stereocenters. The van der Waals surface area contributed by atoms with E-state index in [0.717, 1.165) is 5.56 Å². The van der Waals surface area contributed by atoms with Crippen molar-refractivity contribution in [1.82, 2.24) is 25.5 Å². The van der Waals surface area contributed by atoms with Crippen molar-refractivity contribution in [3.05, 3.63) is 71.5 Å². The van der Waals surface area contributed by atoms with Gasteiger partial charge < -0.3 is 10.4 Å². The maximum atomic E-state index is 12.7. The summed E-state index contributed by atoms with van der Waals surface area (Å²) in [5.74, 6) is 0.278. The number of nitrogens with one attached hydrogen (secondary N) is 1. The van der Waals surface area contributed by atoms with Gasteiger partial charge in [0.2, 0.25) is 0 Å². The molecule has 24 heavy (non-hydrogen) atoms. The number of aliphatic hydroxyl groups excluding tert-OH is 1.